The number of benzene rings is 7. The molecule has 4 nitrogen and oxygen atoms in total. The van der Waals surface area contributed by atoms with Crippen molar-refractivity contribution in [2.24, 2.45) is 0 Å². The largest absolute Gasteiger partial charge is 0.309 e. The Morgan fingerprint density at radius 2 is 0.731 bits per heavy atom. The third-order valence-corrected chi connectivity index (χ3v) is 12.0. The Bertz CT molecular complexity index is 3370. The van der Waals surface area contributed by atoms with Crippen molar-refractivity contribution in [3.05, 3.63) is 170 Å². The Labute approximate surface area is 301 Å². The molecule has 5 heterocycles. The molecule has 0 aliphatic rings. The molecule has 0 aliphatic carbocycles. The summed E-state index contributed by atoms with van der Waals surface area (Å²) in [6.45, 7) is 0. The highest BCUT2D eigenvalue weighted by atomic mass is 32.1. The lowest BCUT2D eigenvalue weighted by Gasteiger charge is -2.11. The molecule has 0 saturated carbocycles. The molecule has 0 spiro atoms. The standard InChI is InChI=1S/C47H28N4S/c1-5-14-39-32(10-1)33-11-2-6-15-40(33)49(39)29-19-22-43-36(26-29)34-12-3-7-16-41(34)50(43)30-20-23-44-37(27-30)35-13-4-8-17-42(35)51(44)31-21-24-45-38(28-31)47-46(52-45)18-9-25-48-47/h1-28H. The fourth-order valence-electron chi connectivity index (χ4n) is 8.68. The molecule has 0 aliphatic heterocycles. The zero-order chi connectivity index (χ0) is 33.9. The molecule has 0 radical (unpaired) electrons. The van der Waals surface area contributed by atoms with Gasteiger partial charge in [-0.25, -0.2) is 0 Å². The number of thiophene rings is 1. The second-order valence-corrected chi connectivity index (χ2v) is 14.7. The van der Waals surface area contributed by atoms with Gasteiger partial charge in [0.15, 0.2) is 0 Å². The second-order valence-electron chi connectivity index (χ2n) is 13.6. The molecule has 0 fully saturated rings. The number of fused-ring (bicyclic) bond motifs is 12. The number of hydrogen-bond acceptors (Lipinski definition) is 2. The van der Waals surface area contributed by atoms with Crippen LogP contribution in [0.3, 0.4) is 0 Å². The summed E-state index contributed by atoms with van der Waals surface area (Å²) in [6.07, 6.45) is 1.89. The maximum absolute atomic E-state index is 4.75. The van der Waals surface area contributed by atoms with Crippen molar-refractivity contribution in [2.75, 3.05) is 0 Å². The van der Waals surface area contributed by atoms with Gasteiger partial charge in [-0.3, -0.25) is 4.98 Å². The summed E-state index contributed by atoms with van der Waals surface area (Å²) in [4.78, 5) is 4.75. The minimum absolute atomic E-state index is 1.07. The molecule has 12 aromatic rings. The van der Waals surface area contributed by atoms with E-state index in [4.69, 9.17) is 4.98 Å². The van der Waals surface area contributed by atoms with Crippen LogP contribution in [0.1, 0.15) is 0 Å². The van der Waals surface area contributed by atoms with Crippen molar-refractivity contribution in [3.63, 3.8) is 0 Å². The summed E-state index contributed by atoms with van der Waals surface area (Å²) >= 11 is 1.80. The first-order valence-corrected chi connectivity index (χ1v) is 18.4. The predicted octanol–water partition coefficient (Wildman–Crippen LogP) is 12.7. The van der Waals surface area contributed by atoms with Crippen LogP contribution in [0, 0.1) is 0 Å². The Morgan fingerprint density at radius 1 is 0.327 bits per heavy atom. The molecular weight excluding hydrogens is 653 g/mol. The van der Waals surface area contributed by atoms with Gasteiger partial charge in [0, 0.05) is 65.7 Å². The van der Waals surface area contributed by atoms with Crippen LogP contribution in [0.2, 0.25) is 0 Å². The van der Waals surface area contributed by atoms with E-state index in [-0.39, 0.29) is 0 Å². The molecule has 5 aromatic heterocycles. The summed E-state index contributed by atoms with van der Waals surface area (Å²) in [5.41, 5.74) is 11.7. The van der Waals surface area contributed by atoms with E-state index in [9.17, 15) is 0 Å². The zero-order valence-corrected chi connectivity index (χ0v) is 28.7. The van der Waals surface area contributed by atoms with Crippen LogP contribution in [0.4, 0.5) is 0 Å². The van der Waals surface area contributed by atoms with E-state index < -0.39 is 0 Å². The summed E-state index contributed by atoms with van der Waals surface area (Å²) in [7, 11) is 0. The molecule has 52 heavy (non-hydrogen) atoms. The summed E-state index contributed by atoms with van der Waals surface area (Å²) in [5.74, 6) is 0. The number of rotatable bonds is 3. The topological polar surface area (TPSA) is 27.7 Å². The van der Waals surface area contributed by atoms with Crippen molar-refractivity contribution >= 4 is 97.1 Å². The van der Waals surface area contributed by atoms with Crippen LogP contribution in [0.15, 0.2) is 170 Å². The number of para-hydroxylation sites is 4. The molecule has 0 bridgehead atoms. The summed E-state index contributed by atoms with van der Waals surface area (Å²) in [6, 6.07) is 59.9. The predicted molar refractivity (Wildman–Crippen MR) is 220 cm³/mol. The molecular formula is C47H28N4S. The van der Waals surface area contributed by atoms with Crippen molar-refractivity contribution in [2.45, 2.75) is 0 Å². The molecule has 0 atom stereocenters. The van der Waals surface area contributed by atoms with E-state index in [0.717, 1.165) is 22.6 Å². The Hall–Kier alpha value is -6.69. The lowest BCUT2D eigenvalue weighted by atomic mass is 10.1. The molecule has 7 aromatic carbocycles. The van der Waals surface area contributed by atoms with Gasteiger partial charge >= 0.3 is 0 Å². The van der Waals surface area contributed by atoms with Gasteiger partial charge in [0.25, 0.3) is 0 Å². The summed E-state index contributed by atoms with van der Waals surface area (Å²) in [5, 5.41) is 8.69. The van der Waals surface area contributed by atoms with Crippen LogP contribution in [-0.4, -0.2) is 18.7 Å². The minimum Gasteiger partial charge on any atom is -0.309 e. The Kier molecular flexibility index (Phi) is 5.62. The average Bonchev–Trinajstić information content (AvgIpc) is 3.93. The molecule has 5 heteroatoms. The first kappa shape index (κ1) is 28.1. The fourth-order valence-corrected chi connectivity index (χ4v) is 9.73. The van der Waals surface area contributed by atoms with Crippen molar-refractivity contribution in [1.82, 2.24) is 18.7 Å². The van der Waals surface area contributed by atoms with Gasteiger partial charge in [-0.05, 0) is 91.0 Å². The van der Waals surface area contributed by atoms with Gasteiger partial charge in [0.2, 0.25) is 0 Å². The molecule has 242 valence electrons. The van der Waals surface area contributed by atoms with Gasteiger partial charge in [-0.15, -0.1) is 11.3 Å². The lowest BCUT2D eigenvalue weighted by molar-refractivity contribution is 1.16. The third-order valence-electron chi connectivity index (χ3n) is 10.9. The van der Waals surface area contributed by atoms with E-state index >= 15 is 0 Å². The molecule has 0 saturated heterocycles. The SMILES string of the molecule is c1cnc2c(c1)sc1ccc(-n3c4ccccc4c4cc(-n5c6ccccc6c6cc(-n7c8ccccc8c8ccccc87)ccc65)ccc43)cc12. The monoisotopic (exact) mass is 680 g/mol. The highest BCUT2D eigenvalue weighted by Crippen LogP contribution is 2.40. The normalized spacial score (nSPS) is 12.2. The van der Waals surface area contributed by atoms with Gasteiger partial charge in [-0.1, -0.05) is 72.8 Å². The van der Waals surface area contributed by atoms with Gasteiger partial charge in [-0.2, -0.15) is 0 Å². The van der Waals surface area contributed by atoms with Crippen molar-refractivity contribution < 1.29 is 0 Å². The van der Waals surface area contributed by atoms with E-state index in [1.807, 2.05) is 12.3 Å². The summed E-state index contributed by atoms with van der Waals surface area (Å²) < 4.78 is 9.72. The number of pyridine rings is 1. The van der Waals surface area contributed by atoms with Crippen LogP contribution in [-0.2, 0) is 0 Å². The van der Waals surface area contributed by atoms with Crippen LogP contribution < -0.4 is 0 Å². The number of nitrogens with zero attached hydrogens (tertiary/aromatic N) is 4. The van der Waals surface area contributed by atoms with E-state index in [1.165, 1.54) is 80.2 Å². The molecule has 0 amide bonds. The molecule has 12 rings (SSSR count). The van der Waals surface area contributed by atoms with Gasteiger partial charge < -0.3 is 13.7 Å². The molecule has 0 unspecified atom stereocenters. The third kappa shape index (κ3) is 3.78. The van der Waals surface area contributed by atoms with Crippen LogP contribution >= 0.6 is 11.3 Å². The number of aromatic nitrogens is 4. The smallest absolute Gasteiger partial charge is 0.0889 e. The maximum atomic E-state index is 4.75. The Balaban J connectivity index is 1.08. The van der Waals surface area contributed by atoms with Crippen molar-refractivity contribution in [1.29, 1.82) is 0 Å². The van der Waals surface area contributed by atoms with Crippen molar-refractivity contribution in [3.8, 4) is 17.1 Å². The van der Waals surface area contributed by atoms with Gasteiger partial charge in [0.1, 0.15) is 0 Å². The second kappa shape index (κ2) is 10.4. The van der Waals surface area contributed by atoms with Crippen LogP contribution in [0.5, 0.6) is 0 Å². The highest BCUT2D eigenvalue weighted by molar-refractivity contribution is 7.25. The first-order chi connectivity index (χ1) is 25.8. The van der Waals surface area contributed by atoms with E-state index in [1.54, 1.807) is 11.3 Å². The fraction of sp³-hybridized carbons (Fsp3) is 0. The highest BCUT2D eigenvalue weighted by Gasteiger charge is 2.19. The quantitative estimate of drug-likeness (QED) is 0.182. The van der Waals surface area contributed by atoms with Gasteiger partial charge in [0.05, 0.1) is 43.3 Å². The lowest BCUT2D eigenvalue weighted by Crippen LogP contribution is -1.96. The first-order valence-electron chi connectivity index (χ1n) is 17.6. The zero-order valence-electron chi connectivity index (χ0n) is 27.9. The van der Waals surface area contributed by atoms with Crippen LogP contribution in [0.25, 0.3) is 103 Å². The van der Waals surface area contributed by atoms with E-state index in [2.05, 4.69) is 171 Å². The minimum atomic E-state index is 1.07. The molecule has 0 N–H and O–H groups in total. The Morgan fingerprint density at radius 3 is 1.23 bits per heavy atom. The maximum Gasteiger partial charge on any atom is 0.0889 e. The van der Waals surface area contributed by atoms with E-state index in [0.29, 0.717) is 0 Å². The number of hydrogen-bond donors (Lipinski definition) is 0. The average molecular weight is 681 g/mol.